The quantitative estimate of drug-likeness (QED) is 0.378. The van der Waals surface area contributed by atoms with E-state index in [1.807, 2.05) is 12.2 Å². The van der Waals surface area contributed by atoms with E-state index < -0.39 is 0 Å². The number of rotatable bonds is 0. The maximum atomic E-state index is 10.7. The van der Waals surface area contributed by atoms with Gasteiger partial charge in [-0.15, -0.1) is 0 Å². The van der Waals surface area contributed by atoms with Crippen LogP contribution in [0.4, 0.5) is 0 Å². The van der Waals surface area contributed by atoms with Crippen LogP contribution in [0.15, 0.2) is 21.8 Å². The molecule has 0 fully saturated rings. The third-order valence-corrected chi connectivity index (χ3v) is 3.34. The van der Waals surface area contributed by atoms with Crippen molar-refractivity contribution in [1.82, 2.24) is 0 Å². The van der Waals surface area contributed by atoms with Gasteiger partial charge in [0, 0.05) is 50.1 Å². The number of carbonyl (C=O) groups is 2. The molecule has 2 nitrogen and oxygen atoms in total. The summed E-state index contributed by atoms with van der Waals surface area (Å²) in [5.74, 6) is 0.600. The van der Waals surface area contributed by atoms with Crippen LogP contribution in [-0.2, 0) is 9.59 Å². The van der Waals surface area contributed by atoms with Crippen molar-refractivity contribution >= 4 is 71.4 Å². The van der Waals surface area contributed by atoms with E-state index in [0.717, 1.165) is 42.1 Å². The lowest BCUT2D eigenvalue weighted by Crippen LogP contribution is -2.00. The summed E-state index contributed by atoms with van der Waals surface area (Å²) in [6, 6.07) is 0. The van der Waals surface area contributed by atoms with Gasteiger partial charge in [0.1, 0.15) is 0 Å². The molecule has 2 aliphatic rings. The standard InChI is InChI=1S/C6H7IO.C6H8O.I2/c7-5-3-1-2-4-6(5)8;7-6-4-2-1-3-5-6;1-2/h3H,1-2,4H2;2,4H,1,3,5H2;. The van der Waals surface area contributed by atoms with Crippen molar-refractivity contribution < 1.29 is 9.59 Å². The molecule has 5 heteroatoms. The van der Waals surface area contributed by atoms with Gasteiger partial charge >= 0.3 is 0 Å². The second-order valence-electron chi connectivity index (χ2n) is 3.63. The van der Waals surface area contributed by atoms with Gasteiger partial charge in [-0.25, -0.2) is 0 Å². The van der Waals surface area contributed by atoms with E-state index in [1.54, 1.807) is 6.08 Å². The van der Waals surface area contributed by atoms with Crippen LogP contribution in [0.25, 0.3) is 0 Å². The number of carbonyl (C=O) groups excluding carboxylic acids is 2. The van der Waals surface area contributed by atoms with Crippen LogP contribution in [0.2, 0.25) is 0 Å². The van der Waals surface area contributed by atoms with Crippen LogP contribution >= 0.6 is 59.8 Å². The molecule has 0 aromatic heterocycles. The van der Waals surface area contributed by atoms with Crippen LogP contribution in [0.5, 0.6) is 0 Å². The lowest BCUT2D eigenvalue weighted by molar-refractivity contribution is -0.115. The van der Waals surface area contributed by atoms with Crippen molar-refractivity contribution in [3.8, 4) is 0 Å². The molecule has 0 heterocycles. The highest BCUT2D eigenvalue weighted by Crippen LogP contribution is 2.18. The Labute approximate surface area is 140 Å². The van der Waals surface area contributed by atoms with E-state index in [-0.39, 0.29) is 5.78 Å². The molecule has 0 N–H and O–H groups in total. The SMILES string of the molecule is II.O=C1C=CCCC1.O=C1CCCC=C1I. The molecule has 0 aliphatic heterocycles. The molecular weight excluding hydrogens is 557 g/mol. The zero-order valence-electron chi connectivity index (χ0n) is 9.43. The first-order valence-corrected chi connectivity index (χ1v) is 12.8. The summed E-state index contributed by atoms with van der Waals surface area (Å²) in [6.07, 6.45) is 11.4. The van der Waals surface area contributed by atoms with E-state index >= 15 is 0 Å². The first-order chi connectivity index (χ1) is 8.20. The summed E-state index contributed by atoms with van der Waals surface area (Å²) in [6.45, 7) is 0. The van der Waals surface area contributed by atoms with Crippen molar-refractivity contribution in [2.45, 2.75) is 38.5 Å². The molecule has 0 atom stereocenters. The summed E-state index contributed by atoms with van der Waals surface area (Å²) in [5, 5.41) is 0. The summed E-state index contributed by atoms with van der Waals surface area (Å²) in [5.41, 5.74) is 0. The van der Waals surface area contributed by atoms with Crippen molar-refractivity contribution in [2.75, 3.05) is 0 Å². The van der Waals surface area contributed by atoms with Gasteiger partial charge in [0.05, 0.1) is 3.58 Å². The molecule has 0 spiro atoms. The Kier molecular flexibility index (Phi) is 12.8. The van der Waals surface area contributed by atoms with Gasteiger partial charge in [0.15, 0.2) is 11.6 Å². The van der Waals surface area contributed by atoms with Crippen molar-refractivity contribution in [2.24, 2.45) is 0 Å². The summed E-state index contributed by atoms with van der Waals surface area (Å²) in [4.78, 5) is 21.1. The fourth-order valence-electron chi connectivity index (χ4n) is 1.42. The molecule has 0 bridgehead atoms. The number of allylic oxidation sites excluding steroid dienone is 4. The summed E-state index contributed by atoms with van der Waals surface area (Å²) >= 11 is 6.33. The Balaban J connectivity index is 0.000000265. The lowest BCUT2D eigenvalue weighted by atomic mass is 10.1. The topological polar surface area (TPSA) is 34.1 Å². The van der Waals surface area contributed by atoms with E-state index in [0.29, 0.717) is 5.78 Å². The number of hydrogen-bond donors (Lipinski definition) is 0. The second kappa shape index (κ2) is 12.1. The average molecular weight is 572 g/mol. The fraction of sp³-hybridized carbons (Fsp3) is 0.500. The van der Waals surface area contributed by atoms with E-state index in [2.05, 4.69) is 59.8 Å². The maximum absolute atomic E-state index is 10.7. The van der Waals surface area contributed by atoms with Gasteiger partial charge in [0.25, 0.3) is 0 Å². The largest absolute Gasteiger partial charge is 0.295 e. The first kappa shape index (κ1) is 18.0. The third-order valence-electron chi connectivity index (χ3n) is 2.30. The molecule has 0 saturated carbocycles. The van der Waals surface area contributed by atoms with E-state index in [9.17, 15) is 9.59 Å². The van der Waals surface area contributed by atoms with Gasteiger partial charge < -0.3 is 0 Å². The fourth-order valence-corrected chi connectivity index (χ4v) is 2.00. The zero-order valence-corrected chi connectivity index (χ0v) is 15.9. The number of ketones is 2. The van der Waals surface area contributed by atoms with Crippen LogP contribution in [0.1, 0.15) is 38.5 Å². The van der Waals surface area contributed by atoms with E-state index in [4.69, 9.17) is 0 Å². The number of halogens is 3. The molecular formula is C12H15I3O2. The normalized spacial score (nSPS) is 18.4. The molecule has 0 unspecified atom stereocenters. The van der Waals surface area contributed by atoms with Crippen LogP contribution in [-0.4, -0.2) is 11.6 Å². The number of hydrogen-bond acceptors (Lipinski definition) is 2. The summed E-state index contributed by atoms with van der Waals surface area (Å²) < 4.78 is 0.925. The zero-order chi connectivity index (χ0) is 13.1. The Hall–Kier alpha value is 1.01. The monoisotopic (exact) mass is 572 g/mol. The highest BCUT2D eigenvalue weighted by atomic mass is 128. The second-order valence-corrected chi connectivity index (χ2v) is 4.79. The third kappa shape index (κ3) is 9.57. The molecule has 17 heavy (non-hydrogen) atoms. The van der Waals surface area contributed by atoms with Crippen molar-refractivity contribution in [3.05, 3.63) is 21.8 Å². The maximum Gasteiger partial charge on any atom is 0.168 e. The highest BCUT2D eigenvalue weighted by Gasteiger charge is 2.08. The van der Waals surface area contributed by atoms with Gasteiger partial charge in [-0.2, -0.15) is 0 Å². The smallest absolute Gasteiger partial charge is 0.168 e. The molecule has 0 radical (unpaired) electrons. The van der Waals surface area contributed by atoms with Gasteiger partial charge in [-0.3, -0.25) is 9.59 Å². The van der Waals surface area contributed by atoms with E-state index in [1.165, 1.54) is 0 Å². The Morgan fingerprint density at radius 1 is 1.00 bits per heavy atom. The minimum Gasteiger partial charge on any atom is -0.295 e. The Morgan fingerprint density at radius 2 is 1.65 bits per heavy atom. The minimum absolute atomic E-state index is 0.284. The highest BCUT2D eigenvalue weighted by molar-refractivity contribution is 15.0. The van der Waals surface area contributed by atoms with Crippen molar-refractivity contribution in [3.63, 3.8) is 0 Å². The van der Waals surface area contributed by atoms with Crippen molar-refractivity contribution in [1.29, 1.82) is 0 Å². The molecule has 0 aromatic carbocycles. The first-order valence-electron chi connectivity index (χ1n) is 5.42. The lowest BCUT2D eigenvalue weighted by Gasteiger charge is -2.03. The van der Waals surface area contributed by atoms with Gasteiger partial charge in [-0.05, 0) is 54.4 Å². The minimum atomic E-state index is 0.284. The predicted octanol–water partition coefficient (Wildman–Crippen LogP) is 5.13. The van der Waals surface area contributed by atoms with Crippen LogP contribution in [0.3, 0.4) is 0 Å². The molecule has 0 aromatic rings. The van der Waals surface area contributed by atoms with Gasteiger partial charge in [0.2, 0.25) is 0 Å². The summed E-state index contributed by atoms with van der Waals surface area (Å²) in [7, 11) is 0. The number of Topliss-reactive ketones (excluding diaryl/α,β-unsaturated/α-hetero) is 1. The molecule has 2 aliphatic carbocycles. The van der Waals surface area contributed by atoms with Crippen LogP contribution in [0, 0.1) is 0 Å². The molecule has 96 valence electrons. The van der Waals surface area contributed by atoms with Gasteiger partial charge in [-0.1, -0.05) is 12.2 Å². The van der Waals surface area contributed by atoms with Crippen LogP contribution < -0.4 is 0 Å². The molecule has 2 rings (SSSR count). The Morgan fingerprint density at radius 3 is 1.94 bits per heavy atom. The average Bonchev–Trinajstić information content (AvgIpc) is 2.37. The molecule has 0 saturated heterocycles. The molecule has 0 amide bonds. The Bertz CT molecular complexity index is 309. The predicted molar refractivity (Wildman–Crippen MR) is 97.0 cm³/mol.